The third-order valence-corrected chi connectivity index (χ3v) is 4.14. The summed E-state index contributed by atoms with van der Waals surface area (Å²) in [6.07, 6.45) is 6.81. The SMILES string of the molecule is O=C(NCCCc1cccnc1)c1cccc(N2CCCC2=O)c1. The van der Waals surface area contributed by atoms with Crippen molar-refractivity contribution in [2.75, 3.05) is 18.0 Å². The van der Waals surface area contributed by atoms with Crippen LogP contribution in [0.5, 0.6) is 0 Å². The Morgan fingerprint density at radius 2 is 2.17 bits per heavy atom. The van der Waals surface area contributed by atoms with Gasteiger partial charge in [-0.2, -0.15) is 0 Å². The Balaban J connectivity index is 1.52. The highest BCUT2D eigenvalue weighted by atomic mass is 16.2. The first kappa shape index (κ1) is 16.2. The maximum atomic E-state index is 12.3. The van der Waals surface area contributed by atoms with Crippen molar-refractivity contribution in [3.05, 3.63) is 59.9 Å². The average Bonchev–Trinajstić information content (AvgIpc) is 3.05. The summed E-state index contributed by atoms with van der Waals surface area (Å²) in [4.78, 5) is 29.9. The van der Waals surface area contributed by atoms with E-state index in [1.807, 2.05) is 30.5 Å². The molecule has 5 nitrogen and oxygen atoms in total. The second-order valence-corrected chi connectivity index (χ2v) is 5.92. The van der Waals surface area contributed by atoms with Crippen molar-refractivity contribution in [3.63, 3.8) is 0 Å². The number of hydrogen-bond acceptors (Lipinski definition) is 3. The maximum Gasteiger partial charge on any atom is 0.251 e. The molecule has 1 aromatic carbocycles. The third kappa shape index (κ3) is 3.98. The molecule has 0 radical (unpaired) electrons. The molecular formula is C19H21N3O2. The standard InChI is InChI=1S/C19H21N3O2/c23-18-9-4-12-22(18)17-8-1-7-16(13-17)19(24)21-11-3-6-15-5-2-10-20-14-15/h1-2,5,7-8,10,13-14H,3-4,6,9,11-12H2,(H,21,24). The molecule has 1 saturated heterocycles. The molecule has 1 fully saturated rings. The number of anilines is 1. The molecule has 1 aliphatic heterocycles. The molecule has 0 aliphatic carbocycles. The average molecular weight is 323 g/mol. The predicted octanol–water partition coefficient (Wildman–Crippen LogP) is 2.57. The molecule has 1 aromatic heterocycles. The number of nitrogens with zero attached hydrogens (tertiary/aromatic N) is 2. The van der Waals surface area contributed by atoms with Gasteiger partial charge in [0, 0.05) is 43.2 Å². The van der Waals surface area contributed by atoms with Crippen LogP contribution in [0.1, 0.15) is 35.2 Å². The van der Waals surface area contributed by atoms with Gasteiger partial charge in [0.1, 0.15) is 0 Å². The van der Waals surface area contributed by atoms with Crippen LogP contribution in [0.25, 0.3) is 0 Å². The van der Waals surface area contributed by atoms with Gasteiger partial charge in [0.25, 0.3) is 5.91 Å². The van der Waals surface area contributed by atoms with E-state index in [1.54, 1.807) is 23.2 Å². The smallest absolute Gasteiger partial charge is 0.251 e. The van der Waals surface area contributed by atoms with E-state index in [-0.39, 0.29) is 11.8 Å². The van der Waals surface area contributed by atoms with Crippen LogP contribution in [0.2, 0.25) is 0 Å². The van der Waals surface area contributed by atoms with Crippen LogP contribution in [-0.2, 0) is 11.2 Å². The zero-order valence-corrected chi connectivity index (χ0v) is 13.6. The van der Waals surface area contributed by atoms with Gasteiger partial charge in [0.2, 0.25) is 5.91 Å². The lowest BCUT2D eigenvalue weighted by atomic mass is 10.1. The first-order valence-corrected chi connectivity index (χ1v) is 8.31. The molecule has 3 rings (SSSR count). The Morgan fingerprint density at radius 3 is 2.92 bits per heavy atom. The fraction of sp³-hybridized carbons (Fsp3) is 0.316. The predicted molar refractivity (Wildman–Crippen MR) is 92.9 cm³/mol. The van der Waals surface area contributed by atoms with Crippen molar-refractivity contribution in [3.8, 4) is 0 Å². The van der Waals surface area contributed by atoms with Crippen LogP contribution in [-0.4, -0.2) is 29.9 Å². The van der Waals surface area contributed by atoms with E-state index < -0.39 is 0 Å². The van der Waals surface area contributed by atoms with E-state index in [0.29, 0.717) is 18.5 Å². The number of aryl methyl sites for hydroxylation is 1. The number of carbonyl (C=O) groups excluding carboxylic acids is 2. The van der Waals surface area contributed by atoms with Crippen LogP contribution >= 0.6 is 0 Å². The van der Waals surface area contributed by atoms with E-state index in [2.05, 4.69) is 10.3 Å². The summed E-state index contributed by atoms with van der Waals surface area (Å²) in [5.41, 5.74) is 2.57. The van der Waals surface area contributed by atoms with Crippen LogP contribution in [0.15, 0.2) is 48.8 Å². The number of nitrogens with one attached hydrogen (secondary N) is 1. The van der Waals surface area contributed by atoms with Gasteiger partial charge in [-0.05, 0) is 49.1 Å². The summed E-state index contributed by atoms with van der Waals surface area (Å²) in [6.45, 7) is 1.34. The molecule has 2 heterocycles. The Hall–Kier alpha value is -2.69. The molecule has 1 N–H and O–H groups in total. The minimum Gasteiger partial charge on any atom is -0.352 e. The quantitative estimate of drug-likeness (QED) is 0.831. The van der Waals surface area contributed by atoms with Gasteiger partial charge >= 0.3 is 0 Å². The monoisotopic (exact) mass is 323 g/mol. The van der Waals surface area contributed by atoms with Crippen LogP contribution in [0.3, 0.4) is 0 Å². The van der Waals surface area contributed by atoms with E-state index in [1.165, 1.54) is 5.56 Å². The highest BCUT2D eigenvalue weighted by Gasteiger charge is 2.22. The van der Waals surface area contributed by atoms with Crippen molar-refractivity contribution < 1.29 is 9.59 Å². The topological polar surface area (TPSA) is 62.3 Å². The lowest BCUT2D eigenvalue weighted by Gasteiger charge is -2.16. The zero-order valence-electron chi connectivity index (χ0n) is 13.6. The number of pyridine rings is 1. The first-order chi connectivity index (χ1) is 11.7. The van der Waals surface area contributed by atoms with Gasteiger partial charge in [-0.1, -0.05) is 12.1 Å². The number of hydrogen-bond donors (Lipinski definition) is 1. The number of carbonyl (C=O) groups is 2. The van der Waals surface area contributed by atoms with Gasteiger partial charge in [-0.15, -0.1) is 0 Å². The van der Waals surface area contributed by atoms with Crippen molar-refractivity contribution in [2.45, 2.75) is 25.7 Å². The second kappa shape index (κ2) is 7.73. The van der Waals surface area contributed by atoms with Gasteiger partial charge in [-0.25, -0.2) is 0 Å². The Morgan fingerprint density at radius 1 is 1.25 bits per heavy atom. The third-order valence-electron chi connectivity index (χ3n) is 4.14. The van der Waals surface area contributed by atoms with Gasteiger partial charge < -0.3 is 10.2 Å². The molecule has 0 saturated carbocycles. The molecule has 0 atom stereocenters. The molecule has 2 amide bonds. The largest absolute Gasteiger partial charge is 0.352 e. The normalized spacial score (nSPS) is 14.0. The van der Waals surface area contributed by atoms with E-state index in [9.17, 15) is 9.59 Å². The minimum absolute atomic E-state index is 0.102. The van der Waals surface area contributed by atoms with Crippen molar-refractivity contribution >= 4 is 17.5 Å². The molecule has 24 heavy (non-hydrogen) atoms. The fourth-order valence-electron chi connectivity index (χ4n) is 2.88. The Labute approximate surface area is 141 Å². The summed E-state index contributed by atoms with van der Waals surface area (Å²) in [6, 6.07) is 11.2. The molecule has 5 heteroatoms. The van der Waals surface area contributed by atoms with E-state index in [4.69, 9.17) is 0 Å². The highest BCUT2D eigenvalue weighted by molar-refractivity contribution is 5.99. The van der Waals surface area contributed by atoms with Crippen molar-refractivity contribution in [1.82, 2.24) is 10.3 Å². The molecule has 124 valence electrons. The summed E-state index contributed by atoms with van der Waals surface area (Å²) < 4.78 is 0. The molecule has 0 unspecified atom stereocenters. The number of rotatable bonds is 6. The highest BCUT2D eigenvalue weighted by Crippen LogP contribution is 2.22. The number of amides is 2. The molecule has 0 bridgehead atoms. The zero-order chi connectivity index (χ0) is 16.8. The molecule has 2 aromatic rings. The summed E-state index contributed by atoms with van der Waals surface area (Å²) in [5, 5.41) is 2.94. The van der Waals surface area contributed by atoms with Crippen LogP contribution < -0.4 is 10.2 Å². The van der Waals surface area contributed by atoms with Crippen molar-refractivity contribution in [2.24, 2.45) is 0 Å². The van der Waals surface area contributed by atoms with E-state index >= 15 is 0 Å². The summed E-state index contributed by atoms with van der Waals surface area (Å²) >= 11 is 0. The van der Waals surface area contributed by atoms with Crippen molar-refractivity contribution in [1.29, 1.82) is 0 Å². The Kier molecular flexibility index (Phi) is 5.21. The summed E-state index contributed by atoms with van der Waals surface area (Å²) in [7, 11) is 0. The second-order valence-electron chi connectivity index (χ2n) is 5.92. The number of benzene rings is 1. The number of aromatic nitrogens is 1. The minimum atomic E-state index is -0.102. The fourth-order valence-corrected chi connectivity index (χ4v) is 2.88. The lowest BCUT2D eigenvalue weighted by Crippen LogP contribution is -2.26. The van der Waals surface area contributed by atoms with Crippen LogP contribution in [0.4, 0.5) is 5.69 Å². The van der Waals surface area contributed by atoms with Crippen LogP contribution in [0, 0.1) is 0 Å². The first-order valence-electron chi connectivity index (χ1n) is 8.31. The summed E-state index contributed by atoms with van der Waals surface area (Å²) in [5.74, 6) is 0.0266. The van der Waals surface area contributed by atoms with Gasteiger partial charge in [-0.3, -0.25) is 14.6 Å². The van der Waals surface area contributed by atoms with Gasteiger partial charge in [0.15, 0.2) is 0 Å². The Bertz CT molecular complexity index is 716. The maximum absolute atomic E-state index is 12.3. The van der Waals surface area contributed by atoms with E-state index in [0.717, 1.165) is 31.5 Å². The molecular weight excluding hydrogens is 302 g/mol. The molecule has 0 spiro atoms. The van der Waals surface area contributed by atoms with Gasteiger partial charge in [0.05, 0.1) is 0 Å². The lowest BCUT2D eigenvalue weighted by molar-refractivity contribution is -0.117. The molecule has 1 aliphatic rings.